The number of aliphatic imine (C=N–C) groups is 1. The molecule has 172 valence electrons. The second-order valence-corrected chi connectivity index (χ2v) is 9.49. The summed E-state index contributed by atoms with van der Waals surface area (Å²) in [6.07, 6.45) is 3.61. The molecule has 1 aromatic heterocycles. The van der Waals surface area contributed by atoms with Crippen LogP contribution < -0.4 is 21.3 Å². The van der Waals surface area contributed by atoms with Crippen LogP contribution in [0.25, 0.3) is 11.4 Å². The SMILES string of the molecule is CNC(=O)/N=C(\N)c1ccc(-c2ncc(N(C)C3CC(C)(C)NC(C)(C)C3)nn2)c(O)c1. The van der Waals surface area contributed by atoms with Gasteiger partial charge in [0.2, 0.25) is 0 Å². The van der Waals surface area contributed by atoms with E-state index in [2.05, 4.69) is 63.4 Å². The molecular formula is C22H32N8O2. The van der Waals surface area contributed by atoms with Crippen LogP contribution in [0.15, 0.2) is 29.4 Å². The quantitative estimate of drug-likeness (QED) is 0.418. The van der Waals surface area contributed by atoms with Crippen LogP contribution >= 0.6 is 0 Å². The van der Waals surface area contributed by atoms with E-state index in [-0.39, 0.29) is 22.7 Å². The van der Waals surface area contributed by atoms with Crippen LogP contribution in [0.1, 0.15) is 46.1 Å². The van der Waals surface area contributed by atoms with E-state index in [1.54, 1.807) is 18.3 Å². The smallest absolute Gasteiger partial charge is 0.342 e. The van der Waals surface area contributed by atoms with Crippen molar-refractivity contribution < 1.29 is 9.90 Å². The van der Waals surface area contributed by atoms with Crippen molar-refractivity contribution >= 4 is 17.7 Å². The molecule has 1 fully saturated rings. The van der Waals surface area contributed by atoms with Crippen molar-refractivity contribution in [3.63, 3.8) is 0 Å². The lowest BCUT2D eigenvalue weighted by atomic mass is 9.79. The second kappa shape index (κ2) is 8.70. The summed E-state index contributed by atoms with van der Waals surface area (Å²) in [4.78, 5) is 21.6. The van der Waals surface area contributed by atoms with E-state index in [0.717, 1.165) is 12.8 Å². The third-order valence-corrected chi connectivity index (χ3v) is 5.60. The Kier molecular flexibility index (Phi) is 6.36. The minimum absolute atomic E-state index is 0.00460. The monoisotopic (exact) mass is 440 g/mol. The Hall–Kier alpha value is -3.27. The van der Waals surface area contributed by atoms with E-state index in [0.29, 0.717) is 28.8 Å². The van der Waals surface area contributed by atoms with E-state index in [9.17, 15) is 9.90 Å². The number of carbonyl (C=O) groups is 1. The largest absolute Gasteiger partial charge is 0.507 e. The molecule has 2 amide bonds. The maximum absolute atomic E-state index is 11.4. The zero-order chi connectivity index (χ0) is 23.7. The lowest BCUT2D eigenvalue weighted by Gasteiger charge is -2.49. The molecule has 10 heteroatoms. The van der Waals surface area contributed by atoms with Gasteiger partial charge in [-0.3, -0.25) is 0 Å². The normalized spacial score (nSPS) is 18.2. The molecule has 1 aliphatic heterocycles. The molecule has 1 aliphatic rings. The number of anilines is 1. The van der Waals surface area contributed by atoms with Gasteiger partial charge in [0, 0.05) is 36.8 Å². The number of hydrogen-bond donors (Lipinski definition) is 4. The maximum atomic E-state index is 11.4. The van der Waals surface area contributed by atoms with Gasteiger partial charge < -0.3 is 26.4 Å². The van der Waals surface area contributed by atoms with E-state index in [1.807, 2.05) is 7.05 Å². The fourth-order valence-corrected chi connectivity index (χ4v) is 4.39. The molecule has 1 aromatic carbocycles. The standard InChI is InChI=1S/C22H32N8O2/c1-21(2)10-14(11-22(3,4)29-21)30(6)17-12-25-19(28-27-17)15-8-7-13(9-16(15)31)18(23)26-20(32)24-5/h7-9,12,14,29,31H,10-11H2,1-6H3,(H3,23,24,26,32). The minimum Gasteiger partial charge on any atom is -0.507 e. The number of benzene rings is 1. The lowest BCUT2D eigenvalue weighted by molar-refractivity contribution is 0.160. The summed E-state index contributed by atoms with van der Waals surface area (Å²) in [5.74, 6) is 0.877. The molecule has 1 saturated heterocycles. The van der Waals surface area contributed by atoms with Crippen molar-refractivity contribution in [1.29, 1.82) is 0 Å². The highest BCUT2D eigenvalue weighted by atomic mass is 16.3. The first-order valence-electron chi connectivity index (χ1n) is 10.5. The first-order valence-corrected chi connectivity index (χ1v) is 10.5. The van der Waals surface area contributed by atoms with Gasteiger partial charge in [0.15, 0.2) is 11.6 Å². The van der Waals surface area contributed by atoms with Crippen LogP contribution in [0.2, 0.25) is 0 Å². The third kappa shape index (κ3) is 5.31. The van der Waals surface area contributed by atoms with Crippen LogP contribution in [0.5, 0.6) is 5.75 Å². The van der Waals surface area contributed by atoms with Crippen molar-refractivity contribution in [2.24, 2.45) is 10.7 Å². The molecule has 32 heavy (non-hydrogen) atoms. The first-order chi connectivity index (χ1) is 14.9. The predicted octanol–water partition coefficient (Wildman–Crippen LogP) is 2.03. The highest BCUT2D eigenvalue weighted by Gasteiger charge is 2.39. The molecule has 0 bridgehead atoms. The lowest BCUT2D eigenvalue weighted by Crippen LogP contribution is -2.62. The van der Waals surface area contributed by atoms with Crippen molar-refractivity contribution in [2.75, 3.05) is 19.0 Å². The fraction of sp³-hybridized carbons (Fsp3) is 0.500. The number of urea groups is 1. The summed E-state index contributed by atoms with van der Waals surface area (Å²) < 4.78 is 0. The average Bonchev–Trinajstić information content (AvgIpc) is 2.71. The number of hydrogen-bond acceptors (Lipinski definition) is 7. The van der Waals surface area contributed by atoms with Gasteiger partial charge in [-0.15, -0.1) is 10.2 Å². The highest BCUT2D eigenvalue weighted by Crippen LogP contribution is 2.33. The molecular weight excluding hydrogens is 408 g/mol. The Morgan fingerprint density at radius 1 is 1.25 bits per heavy atom. The van der Waals surface area contributed by atoms with Crippen LogP contribution in [-0.4, -0.2) is 63.4 Å². The molecule has 0 unspecified atom stereocenters. The number of nitrogens with one attached hydrogen (secondary N) is 2. The number of piperidine rings is 1. The van der Waals surface area contributed by atoms with Gasteiger partial charge in [0.05, 0.1) is 11.8 Å². The molecule has 0 saturated carbocycles. The summed E-state index contributed by atoms with van der Waals surface area (Å²) in [5, 5.41) is 25.1. The number of rotatable bonds is 4. The van der Waals surface area contributed by atoms with Crippen LogP contribution in [0.4, 0.5) is 10.6 Å². The Bertz CT molecular complexity index is 1000. The Labute approximate surface area is 188 Å². The van der Waals surface area contributed by atoms with Crippen LogP contribution in [-0.2, 0) is 0 Å². The summed E-state index contributed by atoms with van der Waals surface area (Å²) in [6, 6.07) is 4.39. The number of nitrogens with zero attached hydrogens (tertiary/aromatic N) is 5. The van der Waals surface area contributed by atoms with Gasteiger partial charge in [0.1, 0.15) is 11.6 Å². The van der Waals surface area contributed by atoms with Crippen molar-refractivity contribution in [2.45, 2.75) is 57.7 Å². The van der Waals surface area contributed by atoms with Crippen LogP contribution in [0.3, 0.4) is 0 Å². The summed E-state index contributed by atoms with van der Waals surface area (Å²) in [6.45, 7) is 8.83. The molecule has 2 heterocycles. The van der Waals surface area contributed by atoms with E-state index < -0.39 is 6.03 Å². The molecule has 2 aromatic rings. The molecule has 0 radical (unpaired) electrons. The van der Waals surface area contributed by atoms with Crippen molar-refractivity contribution in [1.82, 2.24) is 25.8 Å². The number of aromatic hydroxyl groups is 1. The van der Waals surface area contributed by atoms with E-state index in [1.165, 1.54) is 13.1 Å². The summed E-state index contributed by atoms with van der Waals surface area (Å²) in [7, 11) is 3.46. The summed E-state index contributed by atoms with van der Waals surface area (Å²) in [5.41, 5.74) is 6.66. The van der Waals surface area contributed by atoms with E-state index in [4.69, 9.17) is 5.73 Å². The van der Waals surface area contributed by atoms with E-state index >= 15 is 0 Å². The minimum atomic E-state index is -0.571. The second-order valence-electron chi connectivity index (χ2n) is 9.49. The molecule has 3 rings (SSSR count). The predicted molar refractivity (Wildman–Crippen MR) is 125 cm³/mol. The number of nitrogens with two attached hydrogens (primary N) is 1. The number of amides is 2. The Morgan fingerprint density at radius 3 is 2.44 bits per heavy atom. The fourth-order valence-electron chi connectivity index (χ4n) is 4.39. The third-order valence-electron chi connectivity index (χ3n) is 5.60. The molecule has 0 spiro atoms. The number of phenolic OH excluding ortho intramolecular Hbond substituents is 1. The Morgan fingerprint density at radius 2 is 1.91 bits per heavy atom. The molecule has 0 atom stereocenters. The number of carbonyl (C=O) groups excluding carboxylic acids is 1. The zero-order valence-electron chi connectivity index (χ0n) is 19.5. The Balaban J connectivity index is 1.80. The average molecular weight is 441 g/mol. The van der Waals surface area contributed by atoms with Gasteiger partial charge in [-0.05, 0) is 52.7 Å². The van der Waals surface area contributed by atoms with Gasteiger partial charge in [-0.25, -0.2) is 9.78 Å². The maximum Gasteiger partial charge on any atom is 0.342 e. The number of phenols is 1. The zero-order valence-corrected chi connectivity index (χ0v) is 19.5. The summed E-state index contributed by atoms with van der Waals surface area (Å²) >= 11 is 0. The molecule has 5 N–H and O–H groups in total. The van der Waals surface area contributed by atoms with Crippen LogP contribution in [0, 0.1) is 0 Å². The van der Waals surface area contributed by atoms with Gasteiger partial charge >= 0.3 is 6.03 Å². The van der Waals surface area contributed by atoms with Crippen molar-refractivity contribution in [3.05, 3.63) is 30.0 Å². The van der Waals surface area contributed by atoms with Gasteiger partial charge in [0.25, 0.3) is 0 Å². The number of aromatic nitrogens is 3. The number of amidine groups is 1. The van der Waals surface area contributed by atoms with Gasteiger partial charge in [-0.1, -0.05) is 6.07 Å². The van der Waals surface area contributed by atoms with Crippen molar-refractivity contribution in [3.8, 4) is 17.1 Å². The van der Waals surface area contributed by atoms with Gasteiger partial charge in [-0.2, -0.15) is 4.99 Å². The topological polar surface area (TPSA) is 142 Å². The molecule has 0 aliphatic carbocycles. The highest BCUT2D eigenvalue weighted by molar-refractivity contribution is 6.04. The first kappa shape index (κ1) is 23.4. The molecule has 10 nitrogen and oxygen atoms in total.